The molecule has 16 heavy (non-hydrogen) atoms. The number of benzene rings is 1. The van der Waals surface area contributed by atoms with E-state index in [1.807, 2.05) is 24.3 Å². The smallest absolute Gasteiger partial charge is 0.0705 e. The summed E-state index contributed by atoms with van der Waals surface area (Å²) in [7, 11) is 0. The quantitative estimate of drug-likeness (QED) is 0.609. The molecule has 0 amide bonds. The third-order valence-electron chi connectivity index (χ3n) is 2.49. The fraction of sp³-hybridized carbons (Fsp3) is 0.214. The van der Waals surface area contributed by atoms with Crippen LogP contribution in [-0.4, -0.2) is 11.5 Å². The zero-order valence-corrected chi connectivity index (χ0v) is 9.32. The van der Waals surface area contributed by atoms with Crippen LogP contribution in [0.5, 0.6) is 0 Å². The van der Waals surface area contributed by atoms with Crippen LogP contribution in [0.1, 0.15) is 12.1 Å². The lowest BCUT2D eigenvalue weighted by molar-refractivity contribution is 0.685. The largest absolute Gasteiger partial charge is 0.311 e. The van der Waals surface area contributed by atoms with Gasteiger partial charge in [-0.15, -0.1) is 6.58 Å². The second kappa shape index (κ2) is 5.42. The summed E-state index contributed by atoms with van der Waals surface area (Å²) < 4.78 is 0. The highest BCUT2D eigenvalue weighted by molar-refractivity contribution is 5.78. The highest BCUT2D eigenvalue weighted by atomic mass is 14.9. The Morgan fingerprint density at radius 2 is 2.06 bits per heavy atom. The van der Waals surface area contributed by atoms with Crippen LogP contribution in [0.15, 0.2) is 49.1 Å². The molecule has 1 aromatic heterocycles. The summed E-state index contributed by atoms with van der Waals surface area (Å²) in [5.74, 6) is 0. The number of fused-ring (bicyclic) bond motifs is 1. The lowest BCUT2D eigenvalue weighted by Crippen LogP contribution is -2.14. The molecule has 2 heteroatoms. The molecule has 1 heterocycles. The zero-order valence-electron chi connectivity index (χ0n) is 9.32. The first-order valence-corrected chi connectivity index (χ1v) is 5.56. The van der Waals surface area contributed by atoms with Crippen molar-refractivity contribution in [2.45, 2.75) is 13.0 Å². The van der Waals surface area contributed by atoms with Gasteiger partial charge >= 0.3 is 0 Å². The lowest BCUT2D eigenvalue weighted by atomic mass is 10.2. The van der Waals surface area contributed by atoms with Gasteiger partial charge in [-0.1, -0.05) is 30.3 Å². The van der Waals surface area contributed by atoms with E-state index in [9.17, 15) is 0 Å². The van der Waals surface area contributed by atoms with E-state index in [-0.39, 0.29) is 0 Å². The van der Waals surface area contributed by atoms with Crippen LogP contribution < -0.4 is 5.32 Å². The Hall–Kier alpha value is -1.67. The third-order valence-corrected chi connectivity index (χ3v) is 2.49. The van der Waals surface area contributed by atoms with Gasteiger partial charge in [0, 0.05) is 11.9 Å². The Bertz CT molecular complexity index is 477. The first-order valence-electron chi connectivity index (χ1n) is 5.56. The number of hydrogen-bond donors (Lipinski definition) is 1. The molecule has 0 unspecified atom stereocenters. The standard InChI is InChI=1S/C14H16N2/c1-2-3-10-15-11-13-9-8-12-6-4-5-7-14(12)16-13/h2,4-9,15H,1,3,10-11H2. The second-order valence-corrected chi connectivity index (χ2v) is 3.75. The van der Waals surface area contributed by atoms with Crippen molar-refractivity contribution in [3.63, 3.8) is 0 Å². The molecule has 0 aliphatic rings. The van der Waals surface area contributed by atoms with E-state index in [1.54, 1.807) is 0 Å². The van der Waals surface area contributed by atoms with Crippen molar-refractivity contribution in [3.8, 4) is 0 Å². The van der Waals surface area contributed by atoms with Crippen LogP contribution in [0.4, 0.5) is 0 Å². The van der Waals surface area contributed by atoms with Crippen molar-refractivity contribution in [2.24, 2.45) is 0 Å². The molecular weight excluding hydrogens is 196 g/mol. The van der Waals surface area contributed by atoms with Crippen LogP contribution in [0.2, 0.25) is 0 Å². The zero-order chi connectivity index (χ0) is 11.2. The van der Waals surface area contributed by atoms with Gasteiger partial charge in [-0.05, 0) is 25.1 Å². The minimum Gasteiger partial charge on any atom is -0.311 e. The third kappa shape index (κ3) is 2.67. The highest BCUT2D eigenvalue weighted by Gasteiger charge is 1.96. The van der Waals surface area contributed by atoms with E-state index in [1.165, 1.54) is 5.39 Å². The van der Waals surface area contributed by atoms with Crippen molar-refractivity contribution in [2.75, 3.05) is 6.54 Å². The first kappa shape index (κ1) is 10.8. The summed E-state index contributed by atoms with van der Waals surface area (Å²) in [4.78, 5) is 4.58. The van der Waals surface area contributed by atoms with Gasteiger partial charge in [0.1, 0.15) is 0 Å². The van der Waals surface area contributed by atoms with Crippen molar-refractivity contribution < 1.29 is 0 Å². The highest BCUT2D eigenvalue weighted by Crippen LogP contribution is 2.11. The van der Waals surface area contributed by atoms with E-state index in [0.29, 0.717) is 0 Å². The molecule has 82 valence electrons. The minimum absolute atomic E-state index is 0.818. The summed E-state index contributed by atoms with van der Waals surface area (Å²) in [6, 6.07) is 12.4. The van der Waals surface area contributed by atoms with Crippen LogP contribution >= 0.6 is 0 Å². The first-order chi connectivity index (χ1) is 7.90. The maximum atomic E-state index is 4.58. The van der Waals surface area contributed by atoms with E-state index >= 15 is 0 Å². The number of nitrogens with zero attached hydrogens (tertiary/aromatic N) is 1. The monoisotopic (exact) mass is 212 g/mol. The Morgan fingerprint density at radius 3 is 2.94 bits per heavy atom. The molecule has 0 spiro atoms. The fourth-order valence-corrected chi connectivity index (χ4v) is 1.63. The second-order valence-electron chi connectivity index (χ2n) is 3.75. The number of para-hydroxylation sites is 1. The van der Waals surface area contributed by atoms with Crippen LogP contribution in [0, 0.1) is 0 Å². The van der Waals surface area contributed by atoms with E-state index in [2.05, 4.69) is 35.1 Å². The maximum Gasteiger partial charge on any atom is 0.0705 e. The fourth-order valence-electron chi connectivity index (χ4n) is 1.63. The molecule has 0 radical (unpaired) electrons. The van der Waals surface area contributed by atoms with Gasteiger partial charge in [0.05, 0.1) is 11.2 Å². The minimum atomic E-state index is 0.818. The Kier molecular flexibility index (Phi) is 3.67. The number of rotatable bonds is 5. The molecule has 0 atom stereocenters. The summed E-state index contributed by atoms with van der Waals surface area (Å²) in [5.41, 5.74) is 2.15. The summed E-state index contributed by atoms with van der Waals surface area (Å²) in [6.07, 6.45) is 2.91. The van der Waals surface area contributed by atoms with Crippen molar-refractivity contribution >= 4 is 10.9 Å². The van der Waals surface area contributed by atoms with Gasteiger partial charge in [-0.3, -0.25) is 4.98 Å². The van der Waals surface area contributed by atoms with Gasteiger partial charge in [-0.2, -0.15) is 0 Å². The molecule has 0 fully saturated rings. The number of nitrogens with one attached hydrogen (secondary N) is 1. The van der Waals surface area contributed by atoms with E-state index in [4.69, 9.17) is 0 Å². The van der Waals surface area contributed by atoms with Crippen LogP contribution in [0.3, 0.4) is 0 Å². The van der Waals surface area contributed by atoms with Crippen LogP contribution in [0.25, 0.3) is 10.9 Å². The predicted molar refractivity (Wildman–Crippen MR) is 68.3 cm³/mol. The molecule has 2 aromatic rings. The normalized spacial score (nSPS) is 10.5. The summed E-state index contributed by atoms with van der Waals surface area (Å²) >= 11 is 0. The van der Waals surface area contributed by atoms with Gasteiger partial charge in [0.2, 0.25) is 0 Å². The molecule has 0 aliphatic carbocycles. The topological polar surface area (TPSA) is 24.9 Å². The van der Waals surface area contributed by atoms with Gasteiger partial charge in [0.25, 0.3) is 0 Å². The Balaban J connectivity index is 2.05. The predicted octanol–water partition coefficient (Wildman–Crippen LogP) is 2.90. The molecule has 1 N–H and O–H groups in total. The molecule has 2 rings (SSSR count). The average molecular weight is 212 g/mol. The maximum absolute atomic E-state index is 4.58. The molecule has 0 bridgehead atoms. The van der Waals surface area contributed by atoms with Gasteiger partial charge in [-0.25, -0.2) is 0 Å². The molecule has 0 saturated heterocycles. The van der Waals surface area contributed by atoms with E-state index < -0.39 is 0 Å². The van der Waals surface area contributed by atoms with Crippen molar-refractivity contribution in [1.29, 1.82) is 0 Å². The Morgan fingerprint density at radius 1 is 1.19 bits per heavy atom. The SMILES string of the molecule is C=CCCNCc1ccc2ccccc2n1. The van der Waals surface area contributed by atoms with Gasteiger partial charge < -0.3 is 5.32 Å². The van der Waals surface area contributed by atoms with E-state index in [0.717, 1.165) is 30.7 Å². The molecule has 1 aromatic carbocycles. The average Bonchev–Trinajstić information content (AvgIpc) is 2.34. The summed E-state index contributed by atoms with van der Waals surface area (Å²) in [6.45, 7) is 5.47. The molecule has 0 aliphatic heterocycles. The molecular formula is C14H16N2. The van der Waals surface area contributed by atoms with Crippen molar-refractivity contribution in [3.05, 3.63) is 54.7 Å². The lowest BCUT2D eigenvalue weighted by Gasteiger charge is -2.04. The van der Waals surface area contributed by atoms with Crippen LogP contribution in [-0.2, 0) is 6.54 Å². The number of pyridine rings is 1. The Labute approximate surface area is 96.0 Å². The summed E-state index contributed by atoms with van der Waals surface area (Å²) in [5, 5.41) is 4.53. The number of hydrogen-bond acceptors (Lipinski definition) is 2. The number of aromatic nitrogens is 1. The molecule has 2 nitrogen and oxygen atoms in total. The van der Waals surface area contributed by atoms with Crippen molar-refractivity contribution in [1.82, 2.24) is 10.3 Å². The molecule has 0 saturated carbocycles. The van der Waals surface area contributed by atoms with Gasteiger partial charge in [0.15, 0.2) is 0 Å².